The van der Waals surface area contributed by atoms with Crippen molar-refractivity contribution in [2.45, 2.75) is 28.7 Å². The molecule has 0 nitrogen and oxygen atoms in total. The van der Waals surface area contributed by atoms with E-state index in [-0.39, 0.29) is 5.41 Å². The van der Waals surface area contributed by atoms with Gasteiger partial charge in [0, 0.05) is 20.8 Å². The number of fused-ring (bicyclic) bond motifs is 8. The van der Waals surface area contributed by atoms with Gasteiger partial charge in [0.25, 0.3) is 0 Å². The van der Waals surface area contributed by atoms with E-state index in [0.29, 0.717) is 0 Å². The van der Waals surface area contributed by atoms with E-state index in [2.05, 4.69) is 232 Å². The Morgan fingerprint density at radius 2 is 0.918 bits per heavy atom. The first-order valence-corrected chi connectivity index (χ1v) is 24.7. The van der Waals surface area contributed by atoms with E-state index in [1.165, 1.54) is 108 Å². The summed E-state index contributed by atoms with van der Waals surface area (Å²) in [5.74, 6) is 0. The highest BCUT2D eigenvalue weighted by molar-refractivity contribution is 8.00. The van der Waals surface area contributed by atoms with Gasteiger partial charge >= 0.3 is 0 Å². The van der Waals surface area contributed by atoms with Gasteiger partial charge in [-0.05, 0) is 106 Å². The normalized spacial score (nSPS) is 17.4. The molecule has 61 heavy (non-hydrogen) atoms. The van der Waals surface area contributed by atoms with Gasteiger partial charge in [0.15, 0.2) is 0 Å². The lowest BCUT2D eigenvalue weighted by molar-refractivity contribution is 0.713. The molecule has 12 rings (SSSR count). The van der Waals surface area contributed by atoms with Crippen LogP contribution in [0.1, 0.15) is 23.6 Å². The largest absolute Gasteiger partial charge is 0.148 e. The van der Waals surface area contributed by atoms with Crippen molar-refractivity contribution in [3.05, 3.63) is 235 Å². The predicted molar refractivity (Wildman–Crippen MR) is 263 cm³/mol. The van der Waals surface area contributed by atoms with Gasteiger partial charge in [0.2, 0.25) is 0 Å². The highest BCUT2D eigenvalue weighted by atomic mass is 32.2. The summed E-state index contributed by atoms with van der Waals surface area (Å²) in [6.07, 6.45) is 0. The highest BCUT2D eigenvalue weighted by Gasteiger charge is 2.47. The van der Waals surface area contributed by atoms with Gasteiger partial charge in [0.05, 0.1) is 0 Å². The van der Waals surface area contributed by atoms with Crippen LogP contribution in [0.15, 0.2) is 228 Å². The molecule has 10 aromatic carbocycles. The van der Waals surface area contributed by atoms with E-state index >= 15 is 0 Å². The Labute approximate surface area is 363 Å². The second-order valence-corrected chi connectivity index (χ2v) is 21.9. The van der Waals surface area contributed by atoms with Gasteiger partial charge in [-0.25, -0.2) is 0 Å². The van der Waals surface area contributed by atoms with Crippen LogP contribution in [-0.4, -0.2) is 8.07 Å². The molecule has 0 fully saturated rings. The van der Waals surface area contributed by atoms with Crippen molar-refractivity contribution in [3.63, 3.8) is 0 Å². The molecule has 1 heterocycles. The van der Waals surface area contributed by atoms with E-state index in [9.17, 15) is 0 Å². The minimum atomic E-state index is -2.54. The quantitative estimate of drug-likeness (QED) is 0.123. The second kappa shape index (κ2) is 13.9. The van der Waals surface area contributed by atoms with Gasteiger partial charge in [-0.3, -0.25) is 0 Å². The Morgan fingerprint density at radius 3 is 1.61 bits per heavy atom. The predicted octanol–water partition coefficient (Wildman–Crippen LogP) is 13.9. The third kappa shape index (κ3) is 5.26. The molecular weight excluding hydrogens is 769 g/mol. The minimum absolute atomic E-state index is 0.265. The fraction of sp³-hybridized carbons (Fsp3) is 0.0508. The van der Waals surface area contributed by atoms with Crippen molar-refractivity contribution in [3.8, 4) is 44.5 Å². The van der Waals surface area contributed by atoms with Gasteiger partial charge in [-0.2, -0.15) is 0 Å². The van der Waals surface area contributed by atoms with Crippen molar-refractivity contribution in [1.29, 1.82) is 0 Å². The molecule has 0 saturated heterocycles. The topological polar surface area (TPSA) is 0 Å². The maximum absolute atomic E-state index is 2.60. The first kappa shape index (κ1) is 36.2. The molecule has 0 radical (unpaired) electrons. The summed E-state index contributed by atoms with van der Waals surface area (Å²) >= 11 is 2.01. The van der Waals surface area contributed by atoms with Gasteiger partial charge in [-0.1, -0.05) is 231 Å². The molecular formula is C59H42SSi. The number of hydrogen-bond acceptors (Lipinski definition) is 1. The summed E-state index contributed by atoms with van der Waals surface area (Å²) in [6, 6.07) is 82.1. The summed E-state index contributed by atoms with van der Waals surface area (Å²) in [6.45, 7) is 5.03. The first-order valence-electron chi connectivity index (χ1n) is 21.3. The van der Waals surface area contributed by atoms with Crippen LogP contribution >= 0.6 is 11.8 Å². The maximum atomic E-state index is 2.60. The van der Waals surface area contributed by atoms with Crippen molar-refractivity contribution < 1.29 is 0 Å². The van der Waals surface area contributed by atoms with E-state index < -0.39 is 8.07 Å². The summed E-state index contributed by atoms with van der Waals surface area (Å²) in [4.78, 5) is 2.81. The minimum Gasteiger partial charge on any atom is -0.0890 e. The van der Waals surface area contributed by atoms with E-state index in [1.807, 2.05) is 11.8 Å². The third-order valence-corrected chi connectivity index (χ3v) is 20.0. The molecule has 0 amide bonds. The lowest BCUT2D eigenvalue weighted by atomic mass is 9.74. The van der Waals surface area contributed by atoms with E-state index in [0.717, 1.165) is 0 Å². The lowest BCUT2D eigenvalue weighted by Crippen LogP contribution is -2.67. The Kier molecular flexibility index (Phi) is 8.26. The molecule has 0 bridgehead atoms. The van der Waals surface area contributed by atoms with Crippen LogP contribution in [0.4, 0.5) is 0 Å². The zero-order valence-corrected chi connectivity index (χ0v) is 36.0. The monoisotopic (exact) mass is 810 g/mol. The van der Waals surface area contributed by atoms with Crippen molar-refractivity contribution in [1.82, 2.24) is 0 Å². The van der Waals surface area contributed by atoms with Crippen LogP contribution in [-0.2, 0) is 5.41 Å². The molecule has 0 aromatic heterocycles. The average molecular weight is 811 g/mol. The molecule has 1 aliphatic heterocycles. The van der Waals surface area contributed by atoms with Crippen molar-refractivity contribution in [2.75, 3.05) is 0 Å². The molecule has 1 aliphatic carbocycles. The molecule has 0 spiro atoms. The number of benzene rings is 10. The summed E-state index contributed by atoms with van der Waals surface area (Å²) in [5.41, 5.74) is 14.2. The Balaban J connectivity index is 1.15. The molecule has 0 saturated carbocycles. The fourth-order valence-corrected chi connectivity index (χ4v) is 17.4. The molecule has 0 N–H and O–H groups in total. The fourth-order valence-electron chi connectivity index (χ4n) is 10.9. The number of rotatable bonds is 5. The smallest absolute Gasteiger partial charge is 0.0890 e. The molecule has 288 valence electrons. The molecule has 2 atom stereocenters. The van der Waals surface area contributed by atoms with Crippen LogP contribution in [0.3, 0.4) is 0 Å². The van der Waals surface area contributed by atoms with Gasteiger partial charge < -0.3 is 0 Å². The summed E-state index contributed by atoms with van der Waals surface area (Å²) in [7, 11) is -2.54. The standard InChI is InChI=1S/C59H42SSi/c1-59(42-24-11-5-12-25-42)50-32-18-17-30-48(50)56-51(59)36-37-53-58(56)60-57-44(31-19-33-52(57)61(53,2)43-26-13-6-14-27-43)41-34-35-47-49(38-41)55(40-22-9-4-10-23-40)46-29-16-15-28-45(46)54(47)39-20-7-3-8-21-39/h3-38H,1-2H3. The first-order chi connectivity index (χ1) is 30.0. The van der Waals surface area contributed by atoms with E-state index in [4.69, 9.17) is 0 Å². The van der Waals surface area contributed by atoms with Crippen LogP contribution in [0.25, 0.3) is 66.1 Å². The van der Waals surface area contributed by atoms with Crippen LogP contribution in [0.2, 0.25) is 6.55 Å². The Hall–Kier alpha value is -6.71. The number of hydrogen-bond donors (Lipinski definition) is 0. The van der Waals surface area contributed by atoms with Crippen molar-refractivity contribution in [2.24, 2.45) is 0 Å². The Bertz CT molecular complexity index is 3340. The van der Waals surface area contributed by atoms with Crippen molar-refractivity contribution >= 4 is 56.9 Å². The summed E-state index contributed by atoms with van der Waals surface area (Å²) < 4.78 is 0. The zero-order valence-electron chi connectivity index (χ0n) is 34.2. The summed E-state index contributed by atoms with van der Waals surface area (Å²) in [5, 5.41) is 9.52. The molecule has 2 unspecified atom stereocenters. The zero-order chi connectivity index (χ0) is 40.7. The Morgan fingerprint density at radius 1 is 0.377 bits per heavy atom. The van der Waals surface area contributed by atoms with Gasteiger partial charge in [-0.15, -0.1) is 0 Å². The highest BCUT2D eigenvalue weighted by Crippen LogP contribution is 2.57. The third-order valence-electron chi connectivity index (χ3n) is 13.9. The van der Waals surface area contributed by atoms with E-state index in [1.54, 1.807) is 0 Å². The SMILES string of the molecule is CC1(c2ccccc2)c2ccccc2-c2c1ccc1c2Sc2c(-c3ccc4c(-c5ccccc5)c5ccccc5c(-c5ccccc5)c4c3)cccc2[Si]1(C)c1ccccc1. The molecule has 10 aromatic rings. The molecule has 2 aliphatic rings. The maximum Gasteiger partial charge on any atom is 0.148 e. The molecule has 2 heteroatoms. The van der Waals surface area contributed by atoms with Crippen LogP contribution in [0, 0.1) is 0 Å². The van der Waals surface area contributed by atoms with Crippen LogP contribution < -0.4 is 15.6 Å². The van der Waals surface area contributed by atoms with Gasteiger partial charge in [0.1, 0.15) is 8.07 Å². The second-order valence-electron chi connectivity index (χ2n) is 17.0. The average Bonchev–Trinajstić information content (AvgIpc) is 3.60. The lowest BCUT2D eigenvalue weighted by Gasteiger charge is -2.39. The van der Waals surface area contributed by atoms with Crippen LogP contribution in [0.5, 0.6) is 0 Å².